The highest BCUT2D eigenvalue weighted by atomic mass is 15.2. The average Bonchev–Trinajstić information content (AvgIpc) is 3.85. The second kappa shape index (κ2) is 20.4. The third-order valence-electron chi connectivity index (χ3n) is 14.3. The fourth-order valence-corrected chi connectivity index (χ4v) is 11.0. The SMILES string of the molecule is c1ccc(N(c2ccccc2)c2cccc(-c3cccc(-c4ccc5c(c4)c4ccccc4n5-c4ccccc4)c3-c3cc(N(c4ccccc4)c4ccccc4)cc(N(c4ccccc4)c4ccccc4)c3)c2)cc1. The third-order valence-corrected chi connectivity index (χ3v) is 14.3. The van der Waals surface area contributed by atoms with E-state index in [-0.39, 0.29) is 0 Å². The van der Waals surface area contributed by atoms with E-state index in [4.69, 9.17) is 0 Å². The lowest BCUT2D eigenvalue weighted by atomic mass is 9.86. The summed E-state index contributed by atoms with van der Waals surface area (Å²) in [6.45, 7) is 0. The number of benzene rings is 12. The molecular formula is C72H52N4. The van der Waals surface area contributed by atoms with E-state index in [9.17, 15) is 0 Å². The van der Waals surface area contributed by atoms with Crippen molar-refractivity contribution in [3.05, 3.63) is 315 Å². The standard InChI is InChI=1S/C72H52N4/c1-8-27-56(28-9-1)73(57-29-10-2-11-30-57)63-41-24-26-53(48-63)66-43-25-44-67(54-46-47-71-69(51-54)68-42-22-23-45-70(68)76(71)62-39-20-7-21-40-62)72(66)55-49-64(74(58-31-12-3-13-32-58)59-33-14-4-15-34-59)52-65(50-55)75(60-35-16-5-17-36-60)61-37-18-6-19-38-61/h1-52H. The summed E-state index contributed by atoms with van der Waals surface area (Å²) in [7, 11) is 0. The van der Waals surface area contributed by atoms with Crippen LogP contribution in [0.2, 0.25) is 0 Å². The fourth-order valence-electron chi connectivity index (χ4n) is 11.0. The molecule has 0 aliphatic carbocycles. The zero-order chi connectivity index (χ0) is 50.6. The maximum Gasteiger partial charge on any atom is 0.0541 e. The Morgan fingerprint density at radius 3 is 1.04 bits per heavy atom. The van der Waals surface area contributed by atoms with Crippen molar-refractivity contribution in [1.82, 2.24) is 4.57 Å². The van der Waals surface area contributed by atoms with Crippen molar-refractivity contribution >= 4 is 73.0 Å². The molecule has 0 spiro atoms. The smallest absolute Gasteiger partial charge is 0.0541 e. The fraction of sp³-hybridized carbons (Fsp3) is 0. The van der Waals surface area contributed by atoms with E-state index in [1.807, 2.05) is 0 Å². The summed E-state index contributed by atoms with van der Waals surface area (Å²) in [5.74, 6) is 0. The Morgan fingerprint density at radius 1 is 0.211 bits per heavy atom. The van der Waals surface area contributed by atoms with E-state index >= 15 is 0 Å². The molecule has 13 rings (SSSR count). The molecule has 0 saturated carbocycles. The molecule has 0 atom stereocenters. The van der Waals surface area contributed by atoms with E-state index in [1.165, 1.54) is 16.3 Å². The van der Waals surface area contributed by atoms with Crippen molar-refractivity contribution in [2.24, 2.45) is 0 Å². The summed E-state index contributed by atoms with van der Waals surface area (Å²) in [5, 5.41) is 2.41. The van der Waals surface area contributed by atoms with Gasteiger partial charge >= 0.3 is 0 Å². The molecule has 1 heterocycles. The molecule has 0 aliphatic rings. The van der Waals surface area contributed by atoms with Crippen LogP contribution in [0.4, 0.5) is 51.2 Å². The van der Waals surface area contributed by atoms with Crippen molar-refractivity contribution in [2.45, 2.75) is 0 Å². The lowest BCUT2D eigenvalue weighted by molar-refractivity contribution is 1.18. The first kappa shape index (κ1) is 45.7. The molecule has 0 unspecified atom stereocenters. The molecule has 0 N–H and O–H groups in total. The number of nitrogens with zero attached hydrogens (tertiary/aromatic N) is 4. The maximum atomic E-state index is 2.41. The predicted octanol–water partition coefficient (Wildman–Crippen LogP) is 20.2. The molecule has 0 bridgehead atoms. The highest BCUT2D eigenvalue weighted by Gasteiger charge is 2.24. The van der Waals surface area contributed by atoms with E-state index in [2.05, 4.69) is 335 Å². The van der Waals surface area contributed by atoms with Gasteiger partial charge in [0.1, 0.15) is 0 Å². The zero-order valence-corrected chi connectivity index (χ0v) is 41.8. The minimum atomic E-state index is 1.02. The van der Waals surface area contributed by atoms with E-state index in [0.29, 0.717) is 0 Å². The Morgan fingerprint density at radius 2 is 0.566 bits per heavy atom. The Hall–Kier alpha value is -10.2. The van der Waals surface area contributed by atoms with Crippen LogP contribution in [0, 0.1) is 0 Å². The molecule has 360 valence electrons. The van der Waals surface area contributed by atoms with Crippen LogP contribution in [0.15, 0.2) is 315 Å². The van der Waals surface area contributed by atoms with Crippen LogP contribution in [-0.2, 0) is 0 Å². The summed E-state index contributed by atoms with van der Waals surface area (Å²) >= 11 is 0. The van der Waals surface area contributed by atoms with Gasteiger partial charge in [-0.3, -0.25) is 0 Å². The summed E-state index contributed by atoms with van der Waals surface area (Å²) in [5.41, 5.74) is 19.7. The first-order valence-corrected chi connectivity index (χ1v) is 25.9. The lowest BCUT2D eigenvalue weighted by Gasteiger charge is -2.31. The van der Waals surface area contributed by atoms with E-state index in [0.717, 1.165) is 95.8 Å². The molecular weight excluding hydrogens is 921 g/mol. The predicted molar refractivity (Wildman–Crippen MR) is 321 cm³/mol. The molecule has 76 heavy (non-hydrogen) atoms. The number of fused-ring (bicyclic) bond motifs is 3. The van der Waals surface area contributed by atoms with Gasteiger partial charge in [-0.25, -0.2) is 0 Å². The molecule has 0 aliphatic heterocycles. The largest absolute Gasteiger partial charge is 0.310 e. The third kappa shape index (κ3) is 8.74. The van der Waals surface area contributed by atoms with Crippen molar-refractivity contribution < 1.29 is 0 Å². The first-order valence-electron chi connectivity index (χ1n) is 25.9. The molecule has 4 heteroatoms. The highest BCUT2D eigenvalue weighted by molar-refractivity contribution is 6.11. The molecule has 0 radical (unpaired) electrons. The molecule has 1 aromatic heterocycles. The molecule has 0 saturated heterocycles. The Labute approximate surface area is 444 Å². The number of hydrogen-bond donors (Lipinski definition) is 0. The van der Waals surface area contributed by atoms with Crippen LogP contribution >= 0.6 is 0 Å². The Balaban J connectivity index is 1.11. The van der Waals surface area contributed by atoms with Crippen molar-refractivity contribution in [1.29, 1.82) is 0 Å². The van der Waals surface area contributed by atoms with Crippen LogP contribution in [-0.4, -0.2) is 4.57 Å². The summed E-state index contributed by atoms with van der Waals surface area (Å²) < 4.78 is 2.39. The van der Waals surface area contributed by atoms with Crippen LogP contribution in [0.5, 0.6) is 0 Å². The molecule has 12 aromatic carbocycles. The van der Waals surface area contributed by atoms with Crippen LogP contribution in [0.1, 0.15) is 0 Å². The van der Waals surface area contributed by atoms with Gasteiger partial charge < -0.3 is 19.3 Å². The van der Waals surface area contributed by atoms with Gasteiger partial charge in [0, 0.05) is 67.6 Å². The van der Waals surface area contributed by atoms with Crippen LogP contribution < -0.4 is 14.7 Å². The monoisotopic (exact) mass is 972 g/mol. The van der Waals surface area contributed by atoms with Gasteiger partial charge in [-0.1, -0.05) is 182 Å². The topological polar surface area (TPSA) is 14.7 Å². The quantitative estimate of drug-likeness (QED) is 0.114. The molecule has 0 amide bonds. The first-order chi connectivity index (χ1) is 37.7. The van der Waals surface area contributed by atoms with Crippen LogP contribution in [0.25, 0.3) is 60.9 Å². The summed E-state index contributed by atoms with van der Waals surface area (Å²) in [4.78, 5) is 7.11. The zero-order valence-electron chi connectivity index (χ0n) is 41.8. The van der Waals surface area contributed by atoms with Gasteiger partial charge in [-0.2, -0.15) is 0 Å². The Kier molecular flexibility index (Phi) is 12.3. The van der Waals surface area contributed by atoms with Gasteiger partial charge in [0.2, 0.25) is 0 Å². The van der Waals surface area contributed by atoms with Crippen molar-refractivity contribution in [2.75, 3.05) is 14.7 Å². The van der Waals surface area contributed by atoms with Gasteiger partial charge in [0.25, 0.3) is 0 Å². The highest BCUT2D eigenvalue weighted by Crippen LogP contribution is 2.49. The molecule has 4 nitrogen and oxygen atoms in total. The second-order valence-electron chi connectivity index (χ2n) is 19.0. The molecule has 13 aromatic rings. The normalized spacial score (nSPS) is 11.2. The number of anilines is 9. The summed E-state index contributed by atoms with van der Waals surface area (Å²) in [6, 6.07) is 114. The number of para-hydroxylation sites is 8. The minimum absolute atomic E-state index is 1.02. The second-order valence-corrected chi connectivity index (χ2v) is 19.0. The Bertz CT molecular complexity index is 3870. The minimum Gasteiger partial charge on any atom is -0.310 e. The summed E-state index contributed by atoms with van der Waals surface area (Å²) in [6.07, 6.45) is 0. The van der Waals surface area contributed by atoms with Crippen molar-refractivity contribution in [3.8, 4) is 39.1 Å². The van der Waals surface area contributed by atoms with Gasteiger partial charge in [-0.05, 0) is 167 Å². The number of rotatable bonds is 13. The molecule has 0 fully saturated rings. The number of aromatic nitrogens is 1. The van der Waals surface area contributed by atoms with E-state index < -0.39 is 0 Å². The average molecular weight is 973 g/mol. The van der Waals surface area contributed by atoms with Gasteiger partial charge in [-0.15, -0.1) is 0 Å². The van der Waals surface area contributed by atoms with E-state index in [1.54, 1.807) is 0 Å². The van der Waals surface area contributed by atoms with Crippen LogP contribution in [0.3, 0.4) is 0 Å². The maximum absolute atomic E-state index is 2.41. The van der Waals surface area contributed by atoms with Gasteiger partial charge in [0.15, 0.2) is 0 Å². The van der Waals surface area contributed by atoms with Crippen molar-refractivity contribution in [3.63, 3.8) is 0 Å². The lowest BCUT2D eigenvalue weighted by Crippen LogP contribution is -2.13. The number of hydrogen-bond acceptors (Lipinski definition) is 3. The van der Waals surface area contributed by atoms with Gasteiger partial charge in [0.05, 0.1) is 11.0 Å².